The second kappa shape index (κ2) is 3.28. The van der Waals surface area contributed by atoms with Crippen LogP contribution in [0.25, 0.3) is 0 Å². The first kappa shape index (κ1) is 9.27. The lowest BCUT2D eigenvalue weighted by Gasteiger charge is -2.36. The lowest BCUT2D eigenvalue weighted by atomic mass is 9.73. The SMILES string of the molecule is CC1(C)C(Br)=CCCC1CO. The lowest BCUT2D eigenvalue weighted by Crippen LogP contribution is -2.29. The van der Waals surface area contributed by atoms with E-state index in [1.54, 1.807) is 0 Å². The van der Waals surface area contributed by atoms with Gasteiger partial charge < -0.3 is 5.11 Å². The summed E-state index contributed by atoms with van der Waals surface area (Å²) in [6.45, 7) is 4.65. The predicted molar refractivity (Wildman–Crippen MR) is 50.6 cm³/mol. The van der Waals surface area contributed by atoms with Gasteiger partial charge in [-0.1, -0.05) is 35.9 Å². The molecule has 0 bridgehead atoms. The van der Waals surface area contributed by atoms with Gasteiger partial charge in [-0.15, -0.1) is 0 Å². The van der Waals surface area contributed by atoms with Crippen molar-refractivity contribution in [3.63, 3.8) is 0 Å². The van der Waals surface area contributed by atoms with Crippen LogP contribution in [-0.2, 0) is 0 Å². The van der Waals surface area contributed by atoms with Gasteiger partial charge in [0.1, 0.15) is 0 Å². The van der Waals surface area contributed by atoms with Crippen molar-refractivity contribution < 1.29 is 5.11 Å². The van der Waals surface area contributed by atoms with Crippen molar-refractivity contribution in [2.24, 2.45) is 11.3 Å². The minimum Gasteiger partial charge on any atom is -0.396 e. The van der Waals surface area contributed by atoms with Gasteiger partial charge in [0.05, 0.1) is 0 Å². The molecular weight excluding hydrogens is 204 g/mol. The molecule has 0 amide bonds. The fourth-order valence-electron chi connectivity index (χ4n) is 1.55. The Labute approximate surface area is 76.6 Å². The third kappa shape index (κ3) is 1.67. The van der Waals surface area contributed by atoms with E-state index in [0.29, 0.717) is 12.5 Å². The molecule has 0 saturated heterocycles. The van der Waals surface area contributed by atoms with Crippen LogP contribution in [-0.4, -0.2) is 11.7 Å². The maximum atomic E-state index is 9.10. The number of rotatable bonds is 1. The number of aliphatic hydroxyl groups excluding tert-OH is 1. The summed E-state index contributed by atoms with van der Waals surface area (Å²) in [6.07, 6.45) is 4.42. The van der Waals surface area contributed by atoms with Crippen LogP contribution in [0.1, 0.15) is 26.7 Å². The Morgan fingerprint density at radius 2 is 2.36 bits per heavy atom. The summed E-state index contributed by atoms with van der Waals surface area (Å²) in [6, 6.07) is 0. The Morgan fingerprint density at radius 1 is 1.73 bits per heavy atom. The van der Waals surface area contributed by atoms with E-state index in [-0.39, 0.29) is 5.41 Å². The van der Waals surface area contributed by atoms with Gasteiger partial charge in [-0.05, 0) is 23.2 Å². The molecule has 1 atom stereocenters. The molecule has 0 aromatic heterocycles. The van der Waals surface area contributed by atoms with E-state index in [1.807, 2.05) is 0 Å². The van der Waals surface area contributed by atoms with Gasteiger partial charge in [-0.25, -0.2) is 0 Å². The molecule has 1 rings (SSSR count). The van der Waals surface area contributed by atoms with Crippen molar-refractivity contribution in [2.75, 3.05) is 6.61 Å². The van der Waals surface area contributed by atoms with Gasteiger partial charge in [0.25, 0.3) is 0 Å². The van der Waals surface area contributed by atoms with Crippen molar-refractivity contribution in [3.8, 4) is 0 Å². The smallest absolute Gasteiger partial charge is 0.0467 e. The minimum absolute atomic E-state index is 0.132. The molecule has 11 heavy (non-hydrogen) atoms. The Morgan fingerprint density at radius 3 is 2.82 bits per heavy atom. The summed E-state index contributed by atoms with van der Waals surface area (Å²) in [5.41, 5.74) is 0.132. The van der Waals surface area contributed by atoms with Crippen LogP contribution in [0.4, 0.5) is 0 Å². The summed E-state index contributed by atoms with van der Waals surface area (Å²) < 4.78 is 1.25. The molecule has 2 heteroatoms. The van der Waals surface area contributed by atoms with Gasteiger partial charge in [0.2, 0.25) is 0 Å². The van der Waals surface area contributed by atoms with Gasteiger partial charge in [-0.2, -0.15) is 0 Å². The van der Waals surface area contributed by atoms with Crippen molar-refractivity contribution in [1.82, 2.24) is 0 Å². The van der Waals surface area contributed by atoms with Crippen LogP contribution < -0.4 is 0 Å². The summed E-state index contributed by atoms with van der Waals surface area (Å²) in [5, 5.41) is 9.10. The standard InChI is InChI=1S/C9H15BrO/c1-9(2)7(6-11)4-3-5-8(9)10/h5,7,11H,3-4,6H2,1-2H3. The second-order valence-corrected chi connectivity index (χ2v) is 4.58. The summed E-state index contributed by atoms with van der Waals surface area (Å²) in [7, 11) is 0. The quantitative estimate of drug-likeness (QED) is 0.718. The van der Waals surface area contributed by atoms with Crippen LogP contribution in [0, 0.1) is 11.3 Å². The van der Waals surface area contributed by atoms with Crippen molar-refractivity contribution in [2.45, 2.75) is 26.7 Å². The maximum absolute atomic E-state index is 9.10. The van der Waals surface area contributed by atoms with Gasteiger partial charge >= 0.3 is 0 Å². The monoisotopic (exact) mass is 218 g/mol. The highest BCUT2D eigenvalue weighted by Crippen LogP contribution is 2.44. The molecule has 1 nitrogen and oxygen atoms in total. The third-order valence-corrected chi connectivity index (χ3v) is 4.04. The zero-order valence-corrected chi connectivity index (χ0v) is 8.69. The molecule has 0 heterocycles. The predicted octanol–water partition coefficient (Wildman–Crippen LogP) is 2.69. The molecule has 1 N–H and O–H groups in total. The van der Waals surface area contributed by atoms with Crippen LogP contribution in [0.15, 0.2) is 10.6 Å². The fraction of sp³-hybridized carbons (Fsp3) is 0.778. The van der Waals surface area contributed by atoms with Crippen molar-refractivity contribution in [1.29, 1.82) is 0 Å². The molecule has 0 fully saturated rings. The van der Waals surface area contributed by atoms with E-state index < -0.39 is 0 Å². The zero-order valence-electron chi connectivity index (χ0n) is 7.10. The van der Waals surface area contributed by atoms with E-state index in [0.717, 1.165) is 12.8 Å². The number of hydrogen-bond donors (Lipinski definition) is 1. The third-order valence-electron chi connectivity index (χ3n) is 2.70. The first-order chi connectivity index (χ1) is 5.09. The molecule has 0 aromatic rings. The van der Waals surface area contributed by atoms with Gasteiger partial charge in [0, 0.05) is 12.0 Å². The number of allylic oxidation sites excluding steroid dienone is 2. The number of halogens is 1. The minimum atomic E-state index is 0.132. The summed E-state index contributed by atoms with van der Waals surface area (Å²) in [5.74, 6) is 0.418. The normalized spacial score (nSPS) is 29.8. The topological polar surface area (TPSA) is 20.2 Å². The van der Waals surface area contributed by atoms with Crippen LogP contribution in [0.3, 0.4) is 0 Å². The lowest BCUT2D eigenvalue weighted by molar-refractivity contribution is 0.135. The first-order valence-electron chi connectivity index (χ1n) is 4.06. The molecule has 0 saturated carbocycles. The Kier molecular flexibility index (Phi) is 2.76. The highest BCUT2D eigenvalue weighted by molar-refractivity contribution is 9.11. The number of hydrogen-bond acceptors (Lipinski definition) is 1. The molecule has 0 aromatic carbocycles. The maximum Gasteiger partial charge on any atom is 0.0467 e. The highest BCUT2D eigenvalue weighted by Gasteiger charge is 2.33. The molecule has 1 unspecified atom stereocenters. The molecule has 64 valence electrons. The average Bonchev–Trinajstić information content (AvgIpc) is 1.95. The number of aliphatic hydroxyl groups is 1. The van der Waals surface area contributed by atoms with E-state index in [2.05, 4.69) is 35.9 Å². The van der Waals surface area contributed by atoms with Crippen molar-refractivity contribution in [3.05, 3.63) is 10.6 Å². The van der Waals surface area contributed by atoms with E-state index in [4.69, 9.17) is 5.11 Å². The van der Waals surface area contributed by atoms with Crippen LogP contribution in [0.5, 0.6) is 0 Å². The molecule has 0 aliphatic heterocycles. The average molecular weight is 219 g/mol. The summed E-state index contributed by atoms with van der Waals surface area (Å²) >= 11 is 3.54. The zero-order chi connectivity index (χ0) is 8.48. The highest BCUT2D eigenvalue weighted by atomic mass is 79.9. The van der Waals surface area contributed by atoms with Gasteiger partial charge in [-0.3, -0.25) is 0 Å². The second-order valence-electron chi connectivity index (χ2n) is 3.73. The largest absolute Gasteiger partial charge is 0.396 e. The molecule has 0 radical (unpaired) electrons. The Hall–Kier alpha value is 0.180. The molecule has 0 spiro atoms. The Bertz CT molecular complexity index is 172. The Balaban J connectivity index is 2.81. The fourth-order valence-corrected chi connectivity index (χ4v) is 2.10. The van der Waals surface area contributed by atoms with E-state index in [9.17, 15) is 0 Å². The first-order valence-corrected chi connectivity index (χ1v) is 4.85. The van der Waals surface area contributed by atoms with E-state index in [1.165, 1.54) is 4.48 Å². The van der Waals surface area contributed by atoms with Crippen molar-refractivity contribution >= 4 is 15.9 Å². The summed E-state index contributed by atoms with van der Waals surface area (Å²) in [4.78, 5) is 0. The van der Waals surface area contributed by atoms with E-state index >= 15 is 0 Å². The van der Waals surface area contributed by atoms with Gasteiger partial charge in [0.15, 0.2) is 0 Å². The molecule has 1 aliphatic rings. The molecule has 1 aliphatic carbocycles. The van der Waals surface area contributed by atoms with Crippen LogP contribution in [0.2, 0.25) is 0 Å². The van der Waals surface area contributed by atoms with Crippen LogP contribution >= 0.6 is 15.9 Å². The molecular formula is C9H15BrO.